The summed E-state index contributed by atoms with van der Waals surface area (Å²) in [5.41, 5.74) is 1.14. The molecule has 0 spiro atoms. The summed E-state index contributed by atoms with van der Waals surface area (Å²) in [7, 11) is 2.06. The van der Waals surface area contributed by atoms with Gasteiger partial charge in [0, 0.05) is 30.7 Å². The van der Waals surface area contributed by atoms with Crippen LogP contribution in [-0.2, 0) is 19.0 Å². The number of rotatable bonds is 3. The van der Waals surface area contributed by atoms with E-state index in [1.54, 1.807) is 0 Å². The minimum Gasteiger partial charge on any atom is -0.317 e. The van der Waals surface area contributed by atoms with Crippen LogP contribution >= 0.6 is 0 Å². The summed E-state index contributed by atoms with van der Waals surface area (Å²) in [4.78, 5) is 2.64. The Morgan fingerprint density at radius 3 is 2.24 bits per heavy atom. The van der Waals surface area contributed by atoms with Gasteiger partial charge in [-0.05, 0) is 32.6 Å². The van der Waals surface area contributed by atoms with Gasteiger partial charge in [0.2, 0.25) is 0 Å². The van der Waals surface area contributed by atoms with Gasteiger partial charge in [0.05, 0.1) is 18.3 Å². The molecule has 2 aromatic heterocycles. The van der Waals surface area contributed by atoms with E-state index in [-0.39, 0.29) is 5.41 Å². The maximum absolute atomic E-state index is 4.45. The molecular weight excluding hydrogens is 314 g/mol. The number of hydrogen-bond acceptors (Lipinski definition) is 5. The van der Waals surface area contributed by atoms with Crippen LogP contribution in [0.25, 0.3) is 0 Å². The Bertz CT molecular complexity index is 740. The number of piperidine rings is 1. The van der Waals surface area contributed by atoms with Crippen molar-refractivity contribution in [2.45, 2.75) is 83.5 Å². The third kappa shape index (κ3) is 2.99. The Kier molecular flexibility index (Phi) is 3.94. The third-order valence-electron chi connectivity index (χ3n) is 6.02. The highest BCUT2D eigenvalue weighted by Crippen LogP contribution is 2.41. The highest BCUT2D eigenvalue weighted by Gasteiger charge is 2.42. The van der Waals surface area contributed by atoms with E-state index in [4.69, 9.17) is 0 Å². The molecule has 2 saturated heterocycles. The maximum atomic E-state index is 4.45. The molecule has 25 heavy (non-hydrogen) atoms. The van der Waals surface area contributed by atoms with Crippen molar-refractivity contribution in [3.05, 3.63) is 23.5 Å². The van der Waals surface area contributed by atoms with Crippen LogP contribution in [-0.4, -0.2) is 46.7 Å². The topological polar surface area (TPSA) is 64.7 Å². The van der Waals surface area contributed by atoms with Crippen LogP contribution in [0, 0.1) is 6.92 Å². The quantitative estimate of drug-likeness (QED) is 0.856. The molecule has 4 heterocycles. The predicted molar refractivity (Wildman–Crippen MR) is 95.1 cm³/mol. The molecule has 2 aliphatic rings. The summed E-state index contributed by atoms with van der Waals surface area (Å²) < 4.78 is 4.23. The monoisotopic (exact) mass is 343 g/mol. The van der Waals surface area contributed by atoms with E-state index in [2.05, 4.69) is 68.7 Å². The van der Waals surface area contributed by atoms with Gasteiger partial charge in [0.1, 0.15) is 11.6 Å². The first kappa shape index (κ1) is 16.7. The highest BCUT2D eigenvalue weighted by atomic mass is 15.4. The second-order valence-corrected chi connectivity index (χ2v) is 8.74. The van der Waals surface area contributed by atoms with Crippen LogP contribution in [0.2, 0.25) is 0 Å². The molecule has 2 aromatic rings. The lowest BCUT2D eigenvalue weighted by Crippen LogP contribution is -2.43. The maximum Gasteiger partial charge on any atom is 0.146 e. The van der Waals surface area contributed by atoms with Gasteiger partial charge >= 0.3 is 0 Å². The van der Waals surface area contributed by atoms with Crippen molar-refractivity contribution in [3.8, 4) is 0 Å². The lowest BCUT2D eigenvalue weighted by Gasteiger charge is -2.38. The van der Waals surface area contributed by atoms with E-state index in [0.29, 0.717) is 18.1 Å². The molecule has 0 amide bonds. The van der Waals surface area contributed by atoms with E-state index in [9.17, 15) is 0 Å². The molecule has 0 aliphatic carbocycles. The van der Waals surface area contributed by atoms with Crippen molar-refractivity contribution >= 4 is 0 Å². The van der Waals surface area contributed by atoms with Gasteiger partial charge in [-0.25, -0.2) is 4.68 Å². The van der Waals surface area contributed by atoms with Crippen LogP contribution in [0.1, 0.15) is 69.8 Å². The van der Waals surface area contributed by atoms with E-state index in [1.165, 1.54) is 12.8 Å². The molecule has 0 N–H and O–H groups in total. The molecule has 0 radical (unpaired) electrons. The first-order valence-corrected chi connectivity index (χ1v) is 9.36. The van der Waals surface area contributed by atoms with Gasteiger partial charge in [-0.2, -0.15) is 0 Å². The van der Waals surface area contributed by atoms with Crippen molar-refractivity contribution in [2.75, 3.05) is 0 Å². The minimum absolute atomic E-state index is 0.0565. The van der Waals surface area contributed by atoms with Gasteiger partial charge in [-0.3, -0.25) is 4.90 Å². The van der Waals surface area contributed by atoms with E-state index in [0.717, 1.165) is 36.7 Å². The Balaban J connectivity index is 1.48. The van der Waals surface area contributed by atoms with Crippen molar-refractivity contribution in [3.63, 3.8) is 0 Å². The fourth-order valence-electron chi connectivity index (χ4n) is 4.27. The fourth-order valence-corrected chi connectivity index (χ4v) is 4.27. The average molecular weight is 343 g/mol. The van der Waals surface area contributed by atoms with Crippen molar-refractivity contribution in [2.24, 2.45) is 7.05 Å². The molecular formula is C18H29N7. The second kappa shape index (κ2) is 5.90. The molecule has 0 aromatic carbocycles. The number of aromatic nitrogens is 6. The van der Waals surface area contributed by atoms with Crippen LogP contribution in [0.15, 0.2) is 6.20 Å². The summed E-state index contributed by atoms with van der Waals surface area (Å²) in [5, 5.41) is 17.4. The van der Waals surface area contributed by atoms with Crippen molar-refractivity contribution in [1.29, 1.82) is 0 Å². The van der Waals surface area contributed by atoms with Crippen LogP contribution in [0.5, 0.6) is 0 Å². The summed E-state index contributed by atoms with van der Waals surface area (Å²) in [6.45, 7) is 9.49. The Morgan fingerprint density at radius 2 is 1.72 bits per heavy atom. The van der Waals surface area contributed by atoms with Gasteiger partial charge < -0.3 is 4.57 Å². The largest absolute Gasteiger partial charge is 0.317 e. The van der Waals surface area contributed by atoms with Crippen molar-refractivity contribution < 1.29 is 0 Å². The van der Waals surface area contributed by atoms with E-state index < -0.39 is 0 Å². The minimum atomic E-state index is 0.0565. The number of nitrogens with zero attached hydrogens (tertiary/aromatic N) is 7. The highest BCUT2D eigenvalue weighted by molar-refractivity contribution is 5.08. The molecule has 7 heteroatoms. The molecule has 2 atom stereocenters. The van der Waals surface area contributed by atoms with Crippen LogP contribution < -0.4 is 0 Å². The van der Waals surface area contributed by atoms with Gasteiger partial charge in [-0.15, -0.1) is 15.3 Å². The Labute approximate surface area is 149 Å². The zero-order valence-electron chi connectivity index (χ0n) is 16.0. The number of fused-ring (bicyclic) bond motifs is 2. The Morgan fingerprint density at radius 1 is 1.04 bits per heavy atom. The second-order valence-electron chi connectivity index (χ2n) is 8.74. The van der Waals surface area contributed by atoms with Gasteiger partial charge in [0.15, 0.2) is 0 Å². The fraction of sp³-hybridized carbons (Fsp3) is 0.778. The zero-order chi connectivity index (χ0) is 17.8. The standard InChI is InChI=1S/C18H29N7/c1-12-19-21-17(23(12)5)11-24-13-6-7-14(24)9-15(8-13)25-10-16(20-22-25)18(2,3)4/h10,13-15H,6-9,11H2,1-5H3. The first-order valence-electron chi connectivity index (χ1n) is 9.36. The normalized spacial score (nSPS) is 27.2. The van der Waals surface area contributed by atoms with Crippen molar-refractivity contribution in [1.82, 2.24) is 34.7 Å². The zero-order valence-corrected chi connectivity index (χ0v) is 16.0. The molecule has 2 aliphatic heterocycles. The lowest BCUT2D eigenvalue weighted by atomic mass is 9.93. The number of aryl methyl sites for hydroxylation is 1. The molecule has 4 rings (SSSR count). The van der Waals surface area contributed by atoms with E-state index in [1.807, 2.05) is 6.92 Å². The van der Waals surface area contributed by atoms with Gasteiger partial charge in [0.25, 0.3) is 0 Å². The van der Waals surface area contributed by atoms with Crippen LogP contribution in [0.3, 0.4) is 0 Å². The Hall–Kier alpha value is -1.76. The predicted octanol–water partition coefficient (Wildman–Crippen LogP) is 2.38. The summed E-state index contributed by atoms with van der Waals surface area (Å²) in [6, 6.07) is 1.70. The van der Waals surface area contributed by atoms with Gasteiger partial charge in [-0.1, -0.05) is 26.0 Å². The first-order chi connectivity index (χ1) is 11.8. The van der Waals surface area contributed by atoms with Crippen LogP contribution in [0.4, 0.5) is 0 Å². The summed E-state index contributed by atoms with van der Waals surface area (Å²) >= 11 is 0. The molecule has 2 fully saturated rings. The molecule has 7 nitrogen and oxygen atoms in total. The summed E-state index contributed by atoms with van der Waals surface area (Å²) in [5.74, 6) is 2.05. The average Bonchev–Trinajstić information content (AvgIpc) is 3.21. The van der Waals surface area contributed by atoms with E-state index >= 15 is 0 Å². The molecule has 2 unspecified atom stereocenters. The number of hydrogen-bond donors (Lipinski definition) is 0. The third-order valence-corrected chi connectivity index (χ3v) is 6.02. The molecule has 2 bridgehead atoms. The molecule has 136 valence electrons. The summed E-state index contributed by atoms with van der Waals surface area (Å²) in [6.07, 6.45) is 7.02. The molecule has 0 saturated carbocycles. The lowest BCUT2D eigenvalue weighted by molar-refractivity contribution is 0.0908. The SMILES string of the molecule is Cc1nnc(CN2C3CCC2CC(n2cc(C(C)(C)C)nn2)C3)n1C. The smallest absolute Gasteiger partial charge is 0.146 e.